The van der Waals surface area contributed by atoms with Gasteiger partial charge in [0.1, 0.15) is 5.75 Å². The lowest BCUT2D eigenvalue weighted by Gasteiger charge is -2.12. The first kappa shape index (κ1) is 18.6. The Balaban J connectivity index is 1.66. The van der Waals surface area contributed by atoms with Gasteiger partial charge in [0.25, 0.3) is 5.91 Å². The number of ether oxygens (including phenoxy) is 1. The molecule has 138 valence electrons. The van der Waals surface area contributed by atoms with Gasteiger partial charge in [0.15, 0.2) is 0 Å². The number of pyridine rings is 1. The van der Waals surface area contributed by atoms with Crippen molar-refractivity contribution in [2.75, 3.05) is 17.7 Å². The second-order valence-electron chi connectivity index (χ2n) is 5.76. The van der Waals surface area contributed by atoms with E-state index < -0.39 is 0 Å². The van der Waals surface area contributed by atoms with Crippen LogP contribution in [0.3, 0.4) is 0 Å². The maximum absolute atomic E-state index is 12.5. The molecule has 7 nitrogen and oxygen atoms in total. The lowest BCUT2D eigenvalue weighted by atomic mass is 10.2. The molecule has 0 aliphatic carbocycles. The molecular weight excluding hydrogens is 366 g/mol. The highest BCUT2D eigenvalue weighted by Gasteiger charge is 2.13. The number of carbonyl (C=O) groups is 1. The zero-order valence-electron chi connectivity index (χ0n) is 14.9. The molecule has 1 amide bonds. The van der Waals surface area contributed by atoms with Gasteiger partial charge in [-0.05, 0) is 36.2 Å². The summed E-state index contributed by atoms with van der Waals surface area (Å²) in [4.78, 5) is 24.8. The summed E-state index contributed by atoms with van der Waals surface area (Å²) < 4.78 is 5.27. The largest absolute Gasteiger partial charge is 0.495 e. The van der Waals surface area contributed by atoms with Crippen molar-refractivity contribution in [3.63, 3.8) is 0 Å². The standard InChI is InChI=1S/C19H18ClN5O2/c1-12-7-16(17(27-2)8-15(12)20)25-18(26)14-10-23-19(24-11-14)22-9-13-3-5-21-6-4-13/h3-8,10-11H,9H2,1-2H3,(H,25,26)(H,22,23,24). The van der Waals surface area contributed by atoms with Gasteiger partial charge in [0.2, 0.25) is 5.95 Å². The Morgan fingerprint density at radius 1 is 1.19 bits per heavy atom. The Morgan fingerprint density at radius 3 is 2.56 bits per heavy atom. The molecule has 0 fully saturated rings. The van der Waals surface area contributed by atoms with Crippen molar-refractivity contribution in [3.05, 3.63) is 70.8 Å². The SMILES string of the molecule is COc1cc(Cl)c(C)cc1NC(=O)c1cnc(NCc2ccncc2)nc1. The van der Waals surface area contributed by atoms with E-state index in [1.807, 2.05) is 19.1 Å². The van der Waals surface area contributed by atoms with Crippen LogP contribution in [0.25, 0.3) is 0 Å². The summed E-state index contributed by atoms with van der Waals surface area (Å²) in [7, 11) is 1.52. The molecule has 2 N–H and O–H groups in total. The predicted octanol–water partition coefficient (Wildman–Crippen LogP) is 3.71. The van der Waals surface area contributed by atoms with E-state index >= 15 is 0 Å². The average molecular weight is 384 g/mol. The number of methoxy groups -OCH3 is 1. The molecule has 0 unspecified atom stereocenters. The molecule has 3 aromatic rings. The number of amides is 1. The first-order chi connectivity index (χ1) is 13.1. The minimum absolute atomic E-state index is 0.333. The van der Waals surface area contributed by atoms with E-state index in [1.54, 1.807) is 24.5 Å². The highest BCUT2D eigenvalue weighted by molar-refractivity contribution is 6.31. The smallest absolute Gasteiger partial charge is 0.258 e. The fourth-order valence-electron chi connectivity index (χ4n) is 2.34. The van der Waals surface area contributed by atoms with Crippen LogP contribution in [0.5, 0.6) is 5.75 Å². The van der Waals surface area contributed by atoms with Crippen LogP contribution in [0.2, 0.25) is 5.02 Å². The number of aryl methyl sites for hydroxylation is 1. The molecule has 3 rings (SSSR count). The zero-order valence-corrected chi connectivity index (χ0v) is 15.6. The normalized spacial score (nSPS) is 10.3. The number of aromatic nitrogens is 3. The second-order valence-corrected chi connectivity index (χ2v) is 6.17. The molecular formula is C19H18ClN5O2. The van der Waals surface area contributed by atoms with Gasteiger partial charge in [0.05, 0.1) is 18.4 Å². The van der Waals surface area contributed by atoms with Crippen LogP contribution in [0.1, 0.15) is 21.5 Å². The van der Waals surface area contributed by atoms with Crippen LogP contribution < -0.4 is 15.4 Å². The summed E-state index contributed by atoms with van der Waals surface area (Å²) in [5, 5.41) is 6.45. The molecule has 27 heavy (non-hydrogen) atoms. The fourth-order valence-corrected chi connectivity index (χ4v) is 2.50. The van der Waals surface area contributed by atoms with Crippen molar-refractivity contribution in [1.29, 1.82) is 0 Å². The third-order valence-electron chi connectivity index (χ3n) is 3.84. The monoisotopic (exact) mass is 383 g/mol. The summed E-state index contributed by atoms with van der Waals surface area (Å²) in [6.45, 7) is 2.42. The highest BCUT2D eigenvalue weighted by atomic mass is 35.5. The van der Waals surface area contributed by atoms with Crippen LogP contribution >= 0.6 is 11.6 Å². The topological polar surface area (TPSA) is 89.0 Å². The first-order valence-corrected chi connectivity index (χ1v) is 8.55. The number of carbonyl (C=O) groups excluding carboxylic acids is 1. The van der Waals surface area contributed by atoms with E-state index in [4.69, 9.17) is 16.3 Å². The molecule has 2 aromatic heterocycles. The van der Waals surface area contributed by atoms with Crippen LogP contribution in [0.15, 0.2) is 49.1 Å². The Hall–Kier alpha value is -3.19. The van der Waals surface area contributed by atoms with Gasteiger partial charge >= 0.3 is 0 Å². The summed E-state index contributed by atoms with van der Waals surface area (Å²) in [6, 6.07) is 7.21. The van der Waals surface area contributed by atoms with Gasteiger partial charge in [-0.15, -0.1) is 0 Å². The third kappa shape index (κ3) is 4.71. The quantitative estimate of drug-likeness (QED) is 0.674. The van der Waals surface area contributed by atoms with Gasteiger partial charge in [-0.3, -0.25) is 9.78 Å². The number of rotatable bonds is 6. The van der Waals surface area contributed by atoms with E-state index in [2.05, 4.69) is 25.6 Å². The van der Waals surface area contributed by atoms with E-state index in [9.17, 15) is 4.79 Å². The van der Waals surface area contributed by atoms with Gasteiger partial charge < -0.3 is 15.4 Å². The number of nitrogens with one attached hydrogen (secondary N) is 2. The maximum atomic E-state index is 12.5. The summed E-state index contributed by atoms with van der Waals surface area (Å²) >= 11 is 6.09. The molecule has 0 saturated carbocycles. The maximum Gasteiger partial charge on any atom is 0.258 e. The minimum atomic E-state index is -0.337. The summed E-state index contributed by atoms with van der Waals surface area (Å²) in [5.41, 5.74) is 2.75. The first-order valence-electron chi connectivity index (χ1n) is 8.17. The Kier molecular flexibility index (Phi) is 5.83. The Morgan fingerprint density at radius 2 is 1.89 bits per heavy atom. The second kappa shape index (κ2) is 8.46. The lowest BCUT2D eigenvalue weighted by molar-refractivity contribution is 0.102. The number of benzene rings is 1. The molecule has 0 saturated heterocycles. The van der Waals surface area contributed by atoms with E-state index in [0.29, 0.717) is 34.5 Å². The van der Waals surface area contributed by atoms with Crippen LogP contribution in [0, 0.1) is 6.92 Å². The summed E-state index contributed by atoms with van der Waals surface area (Å²) in [5.74, 6) is 0.578. The van der Waals surface area contributed by atoms with Gasteiger partial charge in [-0.1, -0.05) is 11.6 Å². The molecule has 2 heterocycles. The predicted molar refractivity (Wildman–Crippen MR) is 104 cm³/mol. The molecule has 0 bridgehead atoms. The van der Waals surface area contributed by atoms with Crippen molar-refractivity contribution in [2.24, 2.45) is 0 Å². The van der Waals surface area contributed by atoms with E-state index in [1.165, 1.54) is 19.5 Å². The molecule has 0 atom stereocenters. The third-order valence-corrected chi connectivity index (χ3v) is 4.25. The summed E-state index contributed by atoms with van der Waals surface area (Å²) in [6.07, 6.45) is 6.37. The number of hydrogen-bond donors (Lipinski definition) is 2. The number of halogens is 1. The number of nitrogens with zero attached hydrogens (tertiary/aromatic N) is 3. The molecule has 0 aliphatic rings. The van der Waals surface area contributed by atoms with Crippen molar-refractivity contribution >= 4 is 29.1 Å². The van der Waals surface area contributed by atoms with Crippen LogP contribution in [-0.4, -0.2) is 28.0 Å². The van der Waals surface area contributed by atoms with Crippen molar-refractivity contribution in [1.82, 2.24) is 15.0 Å². The van der Waals surface area contributed by atoms with Crippen molar-refractivity contribution < 1.29 is 9.53 Å². The van der Waals surface area contributed by atoms with Gasteiger partial charge in [0, 0.05) is 42.4 Å². The molecule has 8 heteroatoms. The number of anilines is 2. The lowest BCUT2D eigenvalue weighted by Crippen LogP contribution is -2.14. The van der Waals surface area contributed by atoms with E-state index in [-0.39, 0.29) is 5.91 Å². The zero-order chi connectivity index (χ0) is 19.2. The highest BCUT2D eigenvalue weighted by Crippen LogP contribution is 2.31. The Labute approximate surface area is 161 Å². The number of hydrogen-bond acceptors (Lipinski definition) is 6. The molecule has 0 spiro atoms. The molecule has 1 aromatic carbocycles. The molecule has 0 aliphatic heterocycles. The average Bonchev–Trinajstić information content (AvgIpc) is 2.70. The van der Waals surface area contributed by atoms with Crippen LogP contribution in [0.4, 0.5) is 11.6 Å². The van der Waals surface area contributed by atoms with E-state index in [0.717, 1.165) is 11.1 Å². The van der Waals surface area contributed by atoms with Crippen molar-refractivity contribution in [3.8, 4) is 5.75 Å². The fraction of sp³-hybridized carbons (Fsp3) is 0.158. The van der Waals surface area contributed by atoms with Crippen molar-refractivity contribution in [2.45, 2.75) is 13.5 Å². The van der Waals surface area contributed by atoms with Crippen LogP contribution in [-0.2, 0) is 6.54 Å². The van der Waals surface area contributed by atoms with Gasteiger partial charge in [-0.2, -0.15) is 0 Å². The Bertz CT molecular complexity index is 933. The molecule has 0 radical (unpaired) electrons. The minimum Gasteiger partial charge on any atom is -0.495 e. The van der Waals surface area contributed by atoms with Gasteiger partial charge in [-0.25, -0.2) is 9.97 Å².